The first-order valence-corrected chi connectivity index (χ1v) is 7.55. The van der Waals surface area contributed by atoms with Crippen LogP contribution in [-0.2, 0) is 4.74 Å². The molecule has 1 fully saturated rings. The molecule has 108 valence electrons. The summed E-state index contributed by atoms with van der Waals surface area (Å²) in [5.74, 6) is 0. The Morgan fingerprint density at radius 1 is 1.22 bits per heavy atom. The highest BCUT2D eigenvalue weighted by Gasteiger charge is 2.28. The van der Waals surface area contributed by atoms with E-state index in [0.717, 1.165) is 39.1 Å². The highest BCUT2D eigenvalue weighted by molar-refractivity contribution is 4.89. The molecular formula is C15H32N2O. The van der Waals surface area contributed by atoms with Gasteiger partial charge in [-0.3, -0.25) is 0 Å². The summed E-state index contributed by atoms with van der Waals surface area (Å²) < 4.78 is 5.37. The highest BCUT2D eigenvalue weighted by Crippen LogP contribution is 2.23. The average molecular weight is 256 g/mol. The van der Waals surface area contributed by atoms with E-state index in [9.17, 15) is 0 Å². The fraction of sp³-hybridized carbons (Fsp3) is 1.00. The summed E-state index contributed by atoms with van der Waals surface area (Å²) in [6, 6.07) is 0. The monoisotopic (exact) mass is 256 g/mol. The molecule has 0 aromatic rings. The highest BCUT2D eigenvalue weighted by atomic mass is 16.5. The van der Waals surface area contributed by atoms with Gasteiger partial charge in [0, 0.05) is 31.8 Å². The van der Waals surface area contributed by atoms with E-state index in [1.54, 1.807) is 0 Å². The van der Waals surface area contributed by atoms with Gasteiger partial charge in [0.2, 0.25) is 0 Å². The minimum absolute atomic E-state index is 0.0439. The summed E-state index contributed by atoms with van der Waals surface area (Å²) in [4.78, 5) is 0. The molecule has 0 aromatic heterocycles. The molecule has 0 atom stereocenters. The van der Waals surface area contributed by atoms with Gasteiger partial charge in [0.25, 0.3) is 0 Å². The zero-order valence-electron chi connectivity index (χ0n) is 12.6. The molecule has 1 rings (SSSR count). The number of hydrogen-bond acceptors (Lipinski definition) is 3. The van der Waals surface area contributed by atoms with E-state index >= 15 is 0 Å². The topological polar surface area (TPSA) is 47.3 Å². The van der Waals surface area contributed by atoms with Crippen molar-refractivity contribution in [3.05, 3.63) is 0 Å². The molecule has 0 spiro atoms. The summed E-state index contributed by atoms with van der Waals surface area (Å²) in [6.07, 6.45) is 7.25. The van der Waals surface area contributed by atoms with Gasteiger partial charge >= 0.3 is 0 Å². The molecule has 0 aliphatic carbocycles. The first-order chi connectivity index (χ1) is 8.47. The standard InChI is InChI=1S/C15H32N2O/c1-4-5-6-7-14(2,3)12-17-13-15(16)8-10-18-11-9-15/h17H,4-13,16H2,1-3H3. The maximum absolute atomic E-state index is 6.37. The number of rotatable bonds is 8. The molecule has 3 nitrogen and oxygen atoms in total. The van der Waals surface area contributed by atoms with Gasteiger partial charge in [-0.25, -0.2) is 0 Å². The van der Waals surface area contributed by atoms with Crippen molar-refractivity contribution < 1.29 is 4.74 Å². The van der Waals surface area contributed by atoms with Crippen molar-refractivity contribution in [1.82, 2.24) is 5.32 Å². The van der Waals surface area contributed by atoms with Gasteiger partial charge in [-0.1, -0.05) is 40.0 Å². The third kappa shape index (κ3) is 6.17. The minimum Gasteiger partial charge on any atom is -0.381 e. The quantitative estimate of drug-likeness (QED) is 0.656. The fourth-order valence-corrected chi connectivity index (χ4v) is 2.55. The lowest BCUT2D eigenvalue weighted by molar-refractivity contribution is 0.0523. The Morgan fingerprint density at radius 3 is 2.50 bits per heavy atom. The molecule has 1 heterocycles. The van der Waals surface area contributed by atoms with E-state index in [0.29, 0.717) is 5.41 Å². The molecule has 0 amide bonds. The Hall–Kier alpha value is -0.120. The summed E-state index contributed by atoms with van der Waals surface area (Å²) in [7, 11) is 0. The van der Waals surface area contributed by atoms with E-state index in [2.05, 4.69) is 26.1 Å². The molecule has 0 bridgehead atoms. The van der Waals surface area contributed by atoms with Crippen molar-refractivity contribution in [2.75, 3.05) is 26.3 Å². The molecule has 3 heteroatoms. The van der Waals surface area contributed by atoms with Crippen LogP contribution in [0.4, 0.5) is 0 Å². The maximum Gasteiger partial charge on any atom is 0.0484 e. The van der Waals surface area contributed by atoms with Crippen LogP contribution < -0.4 is 11.1 Å². The van der Waals surface area contributed by atoms with Crippen LogP contribution in [0.3, 0.4) is 0 Å². The van der Waals surface area contributed by atoms with Crippen molar-refractivity contribution in [1.29, 1.82) is 0 Å². The van der Waals surface area contributed by atoms with Crippen LogP contribution in [-0.4, -0.2) is 31.8 Å². The number of nitrogens with one attached hydrogen (secondary N) is 1. The second kappa shape index (κ2) is 7.46. The molecule has 0 radical (unpaired) electrons. The SMILES string of the molecule is CCCCCC(C)(C)CNCC1(N)CCOCC1. The lowest BCUT2D eigenvalue weighted by Crippen LogP contribution is -2.53. The van der Waals surface area contributed by atoms with E-state index in [-0.39, 0.29) is 5.54 Å². The van der Waals surface area contributed by atoms with Gasteiger partial charge in [0.15, 0.2) is 0 Å². The van der Waals surface area contributed by atoms with Crippen LogP contribution in [0.25, 0.3) is 0 Å². The smallest absolute Gasteiger partial charge is 0.0484 e. The van der Waals surface area contributed by atoms with Crippen LogP contribution in [0, 0.1) is 5.41 Å². The van der Waals surface area contributed by atoms with Gasteiger partial charge in [0.05, 0.1) is 0 Å². The summed E-state index contributed by atoms with van der Waals surface area (Å²) in [5.41, 5.74) is 6.71. The van der Waals surface area contributed by atoms with Crippen molar-refractivity contribution in [3.63, 3.8) is 0 Å². The van der Waals surface area contributed by atoms with Crippen LogP contribution in [0.1, 0.15) is 59.3 Å². The molecular weight excluding hydrogens is 224 g/mol. The molecule has 0 aromatic carbocycles. The van der Waals surface area contributed by atoms with Gasteiger partial charge in [-0.05, 0) is 24.7 Å². The Bertz CT molecular complexity index is 223. The Balaban J connectivity index is 2.18. The fourth-order valence-electron chi connectivity index (χ4n) is 2.55. The molecule has 1 aliphatic rings. The van der Waals surface area contributed by atoms with Crippen LogP contribution >= 0.6 is 0 Å². The Morgan fingerprint density at radius 2 is 1.89 bits per heavy atom. The van der Waals surface area contributed by atoms with Gasteiger partial charge in [0.1, 0.15) is 0 Å². The molecule has 0 saturated carbocycles. The second-order valence-electron chi connectivity index (χ2n) is 6.70. The number of hydrogen-bond donors (Lipinski definition) is 2. The molecule has 3 N–H and O–H groups in total. The van der Waals surface area contributed by atoms with E-state index in [1.165, 1.54) is 25.7 Å². The summed E-state index contributed by atoms with van der Waals surface area (Å²) in [5, 5.41) is 3.58. The van der Waals surface area contributed by atoms with Gasteiger partial charge in [-0.15, -0.1) is 0 Å². The minimum atomic E-state index is -0.0439. The first kappa shape index (κ1) is 15.9. The first-order valence-electron chi connectivity index (χ1n) is 7.55. The molecule has 1 saturated heterocycles. The summed E-state index contributed by atoms with van der Waals surface area (Å²) >= 11 is 0. The lowest BCUT2D eigenvalue weighted by atomic mass is 9.86. The zero-order chi connectivity index (χ0) is 13.5. The lowest BCUT2D eigenvalue weighted by Gasteiger charge is -2.35. The number of ether oxygens (including phenoxy) is 1. The van der Waals surface area contributed by atoms with Crippen molar-refractivity contribution in [3.8, 4) is 0 Å². The van der Waals surface area contributed by atoms with E-state index < -0.39 is 0 Å². The van der Waals surface area contributed by atoms with E-state index in [4.69, 9.17) is 10.5 Å². The molecule has 18 heavy (non-hydrogen) atoms. The number of nitrogens with two attached hydrogens (primary N) is 1. The molecule has 0 unspecified atom stereocenters. The van der Waals surface area contributed by atoms with Crippen molar-refractivity contribution >= 4 is 0 Å². The van der Waals surface area contributed by atoms with Crippen molar-refractivity contribution in [2.24, 2.45) is 11.1 Å². The maximum atomic E-state index is 6.37. The predicted octanol–water partition coefficient (Wildman–Crippen LogP) is 2.69. The van der Waals surface area contributed by atoms with Gasteiger partial charge in [-0.2, -0.15) is 0 Å². The van der Waals surface area contributed by atoms with Gasteiger partial charge < -0.3 is 15.8 Å². The van der Waals surface area contributed by atoms with Crippen LogP contribution in [0.15, 0.2) is 0 Å². The Labute approximate surface area is 113 Å². The van der Waals surface area contributed by atoms with Crippen LogP contribution in [0.5, 0.6) is 0 Å². The second-order valence-corrected chi connectivity index (χ2v) is 6.70. The molecule has 1 aliphatic heterocycles. The number of unbranched alkanes of at least 4 members (excludes halogenated alkanes) is 2. The summed E-state index contributed by atoms with van der Waals surface area (Å²) in [6.45, 7) is 10.6. The largest absolute Gasteiger partial charge is 0.381 e. The van der Waals surface area contributed by atoms with Crippen molar-refractivity contribution in [2.45, 2.75) is 64.8 Å². The zero-order valence-corrected chi connectivity index (χ0v) is 12.6. The normalized spacial score (nSPS) is 20.0. The Kier molecular flexibility index (Phi) is 6.61. The van der Waals surface area contributed by atoms with E-state index in [1.807, 2.05) is 0 Å². The predicted molar refractivity (Wildman–Crippen MR) is 77.8 cm³/mol. The third-order valence-electron chi connectivity index (χ3n) is 4.03. The third-order valence-corrected chi connectivity index (χ3v) is 4.03. The van der Waals surface area contributed by atoms with Crippen LogP contribution in [0.2, 0.25) is 0 Å². The average Bonchev–Trinajstić information content (AvgIpc) is 2.29.